The number of nitrogens with zero attached hydrogens (tertiary/aromatic N) is 2. The van der Waals surface area contributed by atoms with Crippen LogP contribution in [0.4, 0.5) is 5.69 Å². The molecule has 4 heteroatoms. The smallest absolute Gasteiger partial charge is 0.123 e. The molecule has 0 unspecified atom stereocenters. The summed E-state index contributed by atoms with van der Waals surface area (Å²) in [6.45, 7) is 9.40. The predicted octanol–water partition coefficient (Wildman–Crippen LogP) is 2.25. The first-order chi connectivity index (χ1) is 10.2. The summed E-state index contributed by atoms with van der Waals surface area (Å²) in [5.41, 5.74) is 8.18. The molecule has 0 radical (unpaired) electrons. The van der Waals surface area contributed by atoms with E-state index >= 15 is 0 Å². The molecule has 0 saturated carbocycles. The van der Waals surface area contributed by atoms with E-state index in [1.807, 2.05) is 0 Å². The molecular formula is C17H29N3O. The minimum atomic E-state index is 0.683. The largest absolute Gasteiger partial charge is 0.496 e. The van der Waals surface area contributed by atoms with Crippen molar-refractivity contribution in [3.8, 4) is 5.75 Å². The Labute approximate surface area is 128 Å². The lowest BCUT2D eigenvalue weighted by Gasteiger charge is -2.39. The van der Waals surface area contributed by atoms with Gasteiger partial charge in [-0.1, -0.05) is 13.0 Å². The maximum atomic E-state index is 5.71. The van der Waals surface area contributed by atoms with Crippen molar-refractivity contribution in [3.63, 3.8) is 0 Å². The summed E-state index contributed by atoms with van der Waals surface area (Å²) < 4.78 is 5.44. The van der Waals surface area contributed by atoms with Gasteiger partial charge in [0.25, 0.3) is 0 Å². The Hall–Kier alpha value is -1.26. The molecule has 1 aliphatic heterocycles. The van der Waals surface area contributed by atoms with Crippen LogP contribution in [0.15, 0.2) is 18.2 Å². The molecule has 1 saturated heterocycles. The van der Waals surface area contributed by atoms with E-state index in [-0.39, 0.29) is 0 Å². The Morgan fingerprint density at radius 2 is 2.05 bits per heavy atom. The van der Waals surface area contributed by atoms with Crippen LogP contribution in [-0.2, 0) is 0 Å². The van der Waals surface area contributed by atoms with E-state index in [0.29, 0.717) is 6.04 Å². The van der Waals surface area contributed by atoms with Crippen LogP contribution in [0.3, 0.4) is 0 Å². The monoisotopic (exact) mass is 291 g/mol. The van der Waals surface area contributed by atoms with Crippen LogP contribution in [0.5, 0.6) is 5.75 Å². The van der Waals surface area contributed by atoms with Crippen molar-refractivity contribution in [1.29, 1.82) is 0 Å². The fourth-order valence-corrected chi connectivity index (χ4v) is 3.26. The standard InChI is InChI=1S/C17H29N3O/c1-4-19(12-9-18)15-7-10-20(11-8-15)16-6-5-14(2)17(13-16)21-3/h5-6,13,15H,4,7-12,18H2,1-3H3. The highest BCUT2D eigenvalue weighted by atomic mass is 16.5. The van der Waals surface area contributed by atoms with Crippen LogP contribution in [0.2, 0.25) is 0 Å². The molecule has 0 aliphatic carbocycles. The Balaban J connectivity index is 1.97. The molecule has 0 spiro atoms. The lowest BCUT2D eigenvalue weighted by molar-refractivity contribution is 0.182. The third-order valence-electron chi connectivity index (χ3n) is 4.56. The minimum Gasteiger partial charge on any atom is -0.496 e. The lowest BCUT2D eigenvalue weighted by Crippen LogP contribution is -2.46. The SMILES string of the molecule is CCN(CCN)C1CCN(c2ccc(C)c(OC)c2)CC1. The van der Waals surface area contributed by atoms with E-state index in [4.69, 9.17) is 10.5 Å². The number of nitrogens with two attached hydrogens (primary N) is 1. The van der Waals surface area contributed by atoms with Gasteiger partial charge >= 0.3 is 0 Å². The van der Waals surface area contributed by atoms with Crippen LogP contribution in [0.1, 0.15) is 25.3 Å². The van der Waals surface area contributed by atoms with Gasteiger partial charge in [-0.2, -0.15) is 0 Å². The first-order valence-electron chi connectivity index (χ1n) is 8.03. The molecule has 118 valence electrons. The molecule has 0 aromatic heterocycles. The first kappa shape index (κ1) is 16.1. The third kappa shape index (κ3) is 3.89. The molecule has 1 aromatic carbocycles. The topological polar surface area (TPSA) is 41.7 Å². The summed E-state index contributed by atoms with van der Waals surface area (Å²) in [4.78, 5) is 4.99. The Morgan fingerprint density at radius 3 is 2.62 bits per heavy atom. The molecule has 2 rings (SSSR count). The molecular weight excluding hydrogens is 262 g/mol. The first-order valence-corrected chi connectivity index (χ1v) is 8.03. The van der Waals surface area contributed by atoms with Crippen LogP contribution < -0.4 is 15.4 Å². The second-order valence-corrected chi connectivity index (χ2v) is 5.79. The molecule has 1 aromatic rings. The van der Waals surface area contributed by atoms with E-state index in [1.54, 1.807) is 7.11 Å². The Kier molecular flexibility index (Phi) is 5.88. The van der Waals surface area contributed by atoms with E-state index in [9.17, 15) is 0 Å². The average Bonchev–Trinajstić information content (AvgIpc) is 2.53. The summed E-state index contributed by atoms with van der Waals surface area (Å²) in [5, 5.41) is 0. The summed E-state index contributed by atoms with van der Waals surface area (Å²) in [7, 11) is 1.74. The van der Waals surface area contributed by atoms with E-state index in [2.05, 4.69) is 41.8 Å². The number of aryl methyl sites for hydroxylation is 1. The molecule has 1 heterocycles. The van der Waals surface area contributed by atoms with Gasteiger partial charge in [-0.25, -0.2) is 0 Å². The van der Waals surface area contributed by atoms with Gasteiger partial charge in [0.1, 0.15) is 5.75 Å². The highest BCUT2D eigenvalue weighted by molar-refractivity contribution is 5.53. The molecule has 1 aliphatic rings. The summed E-state index contributed by atoms with van der Waals surface area (Å²) in [6, 6.07) is 7.19. The number of anilines is 1. The zero-order valence-electron chi connectivity index (χ0n) is 13.6. The van der Waals surface area contributed by atoms with Gasteiger partial charge in [0, 0.05) is 44.0 Å². The van der Waals surface area contributed by atoms with Crippen LogP contribution in [-0.4, -0.2) is 50.8 Å². The highest BCUT2D eigenvalue weighted by Gasteiger charge is 2.23. The normalized spacial score (nSPS) is 16.5. The van der Waals surface area contributed by atoms with Crippen molar-refractivity contribution < 1.29 is 4.74 Å². The fraction of sp³-hybridized carbons (Fsp3) is 0.647. The van der Waals surface area contributed by atoms with E-state index < -0.39 is 0 Å². The van der Waals surface area contributed by atoms with Gasteiger partial charge in [-0.05, 0) is 37.9 Å². The van der Waals surface area contributed by atoms with Crippen molar-refractivity contribution in [2.45, 2.75) is 32.7 Å². The molecule has 21 heavy (non-hydrogen) atoms. The van der Waals surface area contributed by atoms with Crippen molar-refractivity contribution in [1.82, 2.24) is 4.90 Å². The number of likely N-dealkylation sites (N-methyl/N-ethyl adjacent to an activating group) is 1. The summed E-state index contributed by atoms with van der Waals surface area (Å²) >= 11 is 0. The van der Waals surface area contributed by atoms with Gasteiger partial charge in [-0.3, -0.25) is 4.90 Å². The number of hydrogen-bond acceptors (Lipinski definition) is 4. The number of hydrogen-bond donors (Lipinski definition) is 1. The van der Waals surface area contributed by atoms with Gasteiger partial charge in [0.05, 0.1) is 7.11 Å². The van der Waals surface area contributed by atoms with Crippen LogP contribution >= 0.6 is 0 Å². The summed E-state index contributed by atoms with van der Waals surface area (Å²) in [6.07, 6.45) is 2.42. The second kappa shape index (κ2) is 7.66. The quantitative estimate of drug-likeness (QED) is 0.873. The molecule has 0 atom stereocenters. The number of benzene rings is 1. The van der Waals surface area contributed by atoms with E-state index in [1.165, 1.54) is 24.1 Å². The molecule has 4 nitrogen and oxygen atoms in total. The fourth-order valence-electron chi connectivity index (χ4n) is 3.26. The van der Waals surface area contributed by atoms with Crippen molar-refractivity contribution in [3.05, 3.63) is 23.8 Å². The zero-order chi connectivity index (χ0) is 15.2. The predicted molar refractivity (Wildman–Crippen MR) is 89.3 cm³/mol. The maximum Gasteiger partial charge on any atom is 0.123 e. The maximum absolute atomic E-state index is 5.71. The number of methoxy groups -OCH3 is 1. The number of ether oxygens (including phenoxy) is 1. The van der Waals surface area contributed by atoms with Crippen LogP contribution in [0.25, 0.3) is 0 Å². The highest BCUT2D eigenvalue weighted by Crippen LogP contribution is 2.28. The van der Waals surface area contributed by atoms with Gasteiger partial charge in [-0.15, -0.1) is 0 Å². The molecule has 0 amide bonds. The van der Waals surface area contributed by atoms with Crippen molar-refractivity contribution in [2.75, 3.05) is 44.7 Å². The number of rotatable bonds is 6. The minimum absolute atomic E-state index is 0.683. The Bertz CT molecular complexity index is 442. The lowest BCUT2D eigenvalue weighted by atomic mass is 10.0. The zero-order valence-corrected chi connectivity index (χ0v) is 13.6. The third-order valence-corrected chi connectivity index (χ3v) is 4.56. The van der Waals surface area contributed by atoms with Gasteiger partial charge < -0.3 is 15.4 Å². The molecule has 0 bridgehead atoms. The van der Waals surface area contributed by atoms with Gasteiger partial charge in [0.15, 0.2) is 0 Å². The molecule has 2 N–H and O–H groups in total. The average molecular weight is 291 g/mol. The van der Waals surface area contributed by atoms with E-state index in [0.717, 1.165) is 38.5 Å². The second-order valence-electron chi connectivity index (χ2n) is 5.79. The van der Waals surface area contributed by atoms with Crippen molar-refractivity contribution >= 4 is 5.69 Å². The van der Waals surface area contributed by atoms with Gasteiger partial charge in [0.2, 0.25) is 0 Å². The van der Waals surface area contributed by atoms with Crippen molar-refractivity contribution in [2.24, 2.45) is 5.73 Å². The van der Waals surface area contributed by atoms with Crippen LogP contribution in [0, 0.1) is 6.92 Å². The Morgan fingerprint density at radius 1 is 1.33 bits per heavy atom. The molecule has 1 fully saturated rings. The summed E-state index contributed by atoms with van der Waals surface area (Å²) in [5.74, 6) is 0.980. The number of piperidine rings is 1.